The first-order valence-corrected chi connectivity index (χ1v) is 6.67. The van der Waals surface area contributed by atoms with Gasteiger partial charge < -0.3 is 5.10 Å². The predicted molar refractivity (Wildman–Crippen MR) is 71.8 cm³/mol. The summed E-state index contributed by atoms with van der Waals surface area (Å²) in [5, 5.41) is 5.45. The van der Waals surface area contributed by atoms with Crippen molar-refractivity contribution in [2.24, 2.45) is 0 Å². The summed E-state index contributed by atoms with van der Waals surface area (Å²) in [4.78, 5) is 12.8. The fourth-order valence-electron chi connectivity index (χ4n) is 1.76. The van der Waals surface area contributed by atoms with Crippen molar-refractivity contribution in [2.75, 3.05) is 5.75 Å². The summed E-state index contributed by atoms with van der Waals surface area (Å²) in [5.74, 6) is 1.08. The number of hydrogen-bond donors (Lipinski definition) is 2. The van der Waals surface area contributed by atoms with Gasteiger partial charge in [-0.2, -0.15) is 0 Å². The number of hydrogen-bond acceptors (Lipinski definition) is 2. The van der Waals surface area contributed by atoms with E-state index in [2.05, 4.69) is 41.4 Å². The molecule has 17 heavy (non-hydrogen) atoms. The molecule has 90 valence electrons. The topological polar surface area (TPSA) is 48.6 Å². The molecular formula is C13H16N2OS. The molecule has 0 bridgehead atoms. The van der Waals surface area contributed by atoms with Gasteiger partial charge in [-0.1, -0.05) is 19.1 Å². The second-order valence-electron chi connectivity index (χ2n) is 3.94. The summed E-state index contributed by atoms with van der Waals surface area (Å²) < 4.78 is 0. The molecule has 1 aromatic heterocycles. The van der Waals surface area contributed by atoms with Crippen molar-refractivity contribution in [2.45, 2.75) is 25.2 Å². The van der Waals surface area contributed by atoms with Gasteiger partial charge in [0.05, 0.1) is 0 Å². The lowest BCUT2D eigenvalue weighted by Crippen LogP contribution is -2.06. The van der Waals surface area contributed by atoms with E-state index >= 15 is 0 Å². The molecule has 2 rings (SSSR count). The summed E-state index contributed by atoms with van der Waals surface area (Å²) in [6.07, 6.45) is 0.682. The van der Waals surface area contributed by atoms with E-state index in [0.29, 0.717) is 6.42 Å². The predicted octanol–water partition coefficient (Wildman–Crippen LogP) is 2.71. The molecule has 3 nitrogen and oxygen atoms in total. The van der Waals surface area contributed by atoms with Gasteiger partial charge in [0, 0.05) is 22.6 Å². The van der Waals surface area contributed by atoms with Gasteiger partial charge in [-0.3, -0.25) is 9.89 Å². The maximum absolute atomic E-state index is 11.5. The third kappa shape index (κ3) is 2.82. The van der Waals surface area contributed by atoms with Crippen LogP contribution < -0.4 is 5.56 Å². The SMILES string of the molecule is CCSc1ccc(Cc2c(C)[nH][nH]c2=O)cc1. The maximum Gasteiger partial charge on any atom is 0.267 e. The van der Waals surface area contributed by atoms with Crippen LogP contribution in [0.5, 0.6) is 0 Å². The lowest BCUT2D eigenvalue weighted by atomic mass is 10.1. The highest BCUT2D eigenvalue weighted by molar-refractivity contribution is 7.99. The number of aromatic nitrogens is 2. The zero-order valence-corrected chi connectivity index (χ0v) is 10.9. The van der Waals surface area contributed by atoms with Crippen molar-refractivity contribution < 1.29 is 0 Å². The van der Waals surface area contributed by atoms with Gasteiger partial charge in [0.1, 0.15) is 0 Å². The lowest BCUT2D eigenvalue weighted by Gasteiger charge is -2.02. The summed E-state index contributed by atoms with van der Waals surface area (Å²) >= 11 is 1.82. The molecule has 0 saturated carbocycles. The average molecular weight is 248 g/mol. The van der Waals surface area contributed by atoms with Gasteiger partial charge in [0.15, 0.2) is 0 Å². The second-order valence-corrected chi connectivity index (χ2v) is 5.27. The minimum atomic E-state index is -0.0190. The summed E-state index contributed by atoms with van der Waals surface area (Å²) in [6, 6.07) is 8.40. The van der Waals surface area contributed by atoms with Crippen molar-refractivity contribution in [3.8, 4) is 0 Å². The van der Waals surface area contributed by atoms with Crippen LogP contribution in [0.3, 0.4) is 0 Å². The Labute approximate surface area is 105 Å². The van der Waals surface area contributed by atoms with E-state index in [4.69, 9.17) is 0 Å². The number of aryl methyl sites for hydroxylation is 1. The van der Waals surface area contributed by atoms with E-state index in [9.17, 15) is 4.79 Å². The Morgan fingerprint density at radius 2 is 1.88 bits per heavy atom. The van der Waals surface area contributed by atoms with Crippen molar-refractivity contribution in [1.82, 2.24) is 10.2 Å². The summed E-state index contributed by atoms with van der Waals surface area (Å²) in [7, 11) is 0. The first-order valence-electron chi connectivity index (χ1n) is 5.68. The van der Waals surface area contributed by atoms with Gasteiger partial charge >= 0.3 is 0 Å². The highest BCUT2D eigenvalue weighted by Gasteiger charge is 2.06. The van der Waals surface area contributed by atoms with Gasteiger partial charge in [-0.25, -0.2) is 0 Å². The Kier molecular flexibility index (Phi) is 3.74. The molecule has 0 aliphatic heterocycles. The number of thioether (sulfide) groups is 1. The Balaban J connectivity index is 2.17. The number of rotatable bonds is 4. The largest absolute Gasteiger partial charge is 0.302 e. The zero-order valence-electron chi connectivity index (χ0n) is 10.0. The van der Waals surface area contributed by atoms with Gasteiger partial charge in [-0.15, -0.1) is 11.8 Å². The van der Waals surface area contributed by atoms with E-state index in [1.165, 1.54) is 10.5 Å². The van der Waals surface area contributed by atoms with Crippen molar-refractivity contribution in [3.05, 3.63) is 51.4 Å². The van der Waals surface area contributed by atoms with Crippen LogP contribution >= 0.6 is 11.8 Å². The van der Waals surface area contributed by atoms with E-state index in [1.807, 2.05) is 18.7 Å². The van der Waals surface area contributed by atoms with E-state index in [-0.39, 0.29) is 5.56 Å². The average Bonchev–Trinajstić information content (AvgIpc) is 2.64. The molecule has 2 aromatic rings. The van der Waals surface area contributed by atoms with Crippen LogP contribution in [0.15, 0.2) is 34.0 Å². The highest BCUT2D eigenvalue weighted by Crippen LogP contribution is 2.18. The van der Waals surface area contributed by atoms with Gasteiger partial charge in [-0.05, 0) is 30.4 Å². The number of benzene rings is 1. The molecule has 0 aliphatic rings. The monoisotopic (exact) mass is 248 g/mol. The van der Waals surface area contributed by atoms with Gasteiger partial charge in [0.25, 0.3) is 5.56 Å². The third-order valence-electron chi connectivity index (χ3n) is 2.71. The van der Waals surface area contributed by atoms with E-state index < -0.39 is 0 Å². The van der Waals surface area contributed by atoms with Crippen LogP contribution in [0.25, 0.3) is 0 Å². The fraction of sp³-hybridized carbons (Fsp3) is 0.308. The van der Waals surface area contributed by atoms with Crippen molar-refractivity contribution in [1.29, 1.82) is 0 Å². The molecule has 0 spiro atoms. The first-order chi connectivity index (χ1) is 8.20. The van der Waals surface area contributed by atoms with E-state index in [0.717, 1.165) is 17.0 Å². The maximum atomic E-state index is 11.5. The Hall–Kier alpha value is -1.42. The number of nitrogens with one attached hydrogen (secondary N) is 2. The molecule has 0 atom stereocenters. The fourth-order valence-corrected chi connectivity index (χ4v) is 2.42. The molecule has 0 fully saturated rings. The summed E-state index contributed by atoms with van der Waals surface area (Å²) in [5.41, 5.74) is 2.89. The number of aromatic amines is 2. The third-order valence-corrected chi connectivity index (χ3v) is 3.60. The van der Waals surface area contributed by atoms with Crippen LogP contribution in [0.2, 0.25) is 0 Å². The van der Waals surface area contributed by atoms with Crippen molar-refractivity contribution >= 4 is 11.8 Å². The standard InChI is InChI=1S/C13H16N2OS/c1-3-17-11-6-4-10(5-7-11)8-12-9(2)14-15-13(12)16/h4-7H,3,8H2,1-2H3,(H2,14,15,16). The Morgan fingerprint density at radius 3 is 2.41 bits per heavy atom. The molecular weight excluding hydrogens is 232 g/mol. The van der Waals surface area contributed by atoms with Crippen molar-refractivity contribution in [3.63, 3.8) is 0 Å². The highest BCUT2D eigenvalue weighted by atomic mass is 32.2. The molecule has 0 radical (unpaired) electrons. The van der Waals surface area contributed by atoms with Crippen LogP contribution in [-0.4, -0.2) is 16.0 Å². The molecule has 1 aromatic carbocycles. The van der Waals surface area contributed by atoms with Crippen LogP contribution in [0.4, 0.5) is 0 Å². The quantitative estimate of drug-likeness (QED) is 0.817. The Morgan fingerprint density at radius 1 is 1.18 bits per heavy atom. The van der Waals surface area contributed by atoms with E-state index in [1.54, 1.807) is 0 Å². The van der Waals surface area contributed by atoms with Crippen LogP contribution in [0.1, 0.15) is 23.7 Å². The molecule has 2 N–H and O–H groups in total. The second kappa shape index (κ2) is 5.27. The molecule has 4 heteroatoms. The first kappa shape index (κ1) is 12.0. The molecule has 0 unspecified atom stereocenters. The van der Waals surface area contributed by atoms with Crippen LogP contribution in [-0.2, 0) is 6.42 Å². The molecule has 0 saturated heterocycles. The lowest BCUT2D eigenvalue weighted by molar-refractivity contribution is 1.02. The molecule has 1 heterocycles. The Bertz CT molecular complexity index is 539. The molecule has 0 aliphatic carbocycles. The smallest absolute Gasteiger partial charge is 0.267 e. The molecule has 0 amide bonds. The normalized spacial score (nSPS) is 10.7. The zero-order chi connectivity index (χ0) is 12.3. The van der Waals surface area contributed by atoms with Gasteiger partial charge in [0.2, 0.25) is 0 Å². The minimum absolute atomic E-state index is 0.0190. The summed E-state index contributed by atoms with van der Waals surface area (Å²) in [6.45, 7) is 4.05. The number of H-pyrrole nitrogens is 2. The minimum Gasteiger partial charge on any atom is -0.302 e. The van der Waals surface area contributed by atoms with Crippen LogP contribution in [0, 0.1) is 6.92 Å².